The van der Waals surface area contributed by atoms with Crippen molar-refractivity contribution in [1.29, 1.82) is 0 Å². The predicted octanol–water partition coefficient (Wildman–Crippen LogP) is 2.80. The summed E-state index contributed by atoms with van der Waals surface area (Å²) in [6.07, 6.45) is -4.89. The number of anilines is 1. The molecule has 0 aliphatic carbocycles. The fourth-order valence-electron chi connectivity index (χ4n) is 1.42. The lowest BCUT2D eigenvalue weighted by Gasteiger charge is -2.11. The minimum atomic E-state index is -4.62. The smallest absolute Gasteiger partial charge is 0.393 e. The highest BCUT2D eigenvalue weighted by atomic mass is 19.4. The molecule has 0 amide bonds. The van der Waals surface area contributed by atoms with Crippen LogP contribution in [0.15, 0.2) is 18.2 Å². The average molecular weight is 278 g/mol. The van der Waals surface area contributed by atoms with Crippen LogP contribution in [0.1, 0.15) is 18.9 Å². The van der Waals surface area contributed by atoms with Crippen LogP contribution in [0, 0.1) is 10.1 Å². The first-order valence-corrected chi connectivity index (χ1v) is 5.49. The number of aliphatic hydroxyl groups is 1. The van der Waals surface area contributed by atoms with E-state index in [-0.39, 0.29) is 12.2 Å². The van der Waals surface area contributed by atoms with Crippen molar-refractivity contribution in [3.8, 4) is 0 Å². The molecule has 0 fully saturated rings. The summed E-state index contributed by atoms with van der Waals surface area (Å²) >= 11 is 0. The Morgan fingerprint density at radius 3 is 2.58 bits per heavy atom. The van der Waals surface area contributed by atoms with Crippen LogP contribution in [-0.2, 0) is 6.18 Å². The molecule has 2 N–H and O–H groups in total. The molecule has 1 unspecified atom stereocenters. The fourth-order valence-corrected chi connectivity index (χ4v) is 1.42. The first-order chi connectivity index (χ1) is 8.71. The van der Waals surface area contributed by atoms with Crippen molar-refractivity contribution in [3.63, 3.8) is 0 Å². The Labute approximate surface area is 107 Å². The number of alkyl halides is 3. The summed E-state index contributed by atoms with van der Waals surface area (Å²) in [5.41, 5.74) is -1.71. The lowest BCUT2D eigenvalue weighted by molar-refractivity contribution is -0.384. The second-order valence-electron chi connectivity index (χ2n) is 4.05. The molecule has 0 saturated heterocycles. The molecule has 1 rings (SSSR count). The molecule has 0 aromatic heterocycles. The second kappa shape index (κ2) is 5.87. The number of benzene rings is 1. The van der Waals surface area contributed by atoms with Gasteiger partial charge in [0.15, 0.2) is 0 Å². The van der Waals surface area contributed by atoms with Crippen LogP contribution < -0.4 is 5.32 Å². The monoisotopic (exact) mass is 278 g/mol. The topological polar surface area (TPSA) is 75.4 Å². The molecule has 19 heavy (non-hydrogen) atoms. The molecule has 0 spiro atoms. The summed E-state index contributed by atoms with van der Waals surface area (Å²) < 4.78 is 37.3. The van der Waals surface area contributed by atoms with Gasteiger partial charge >= 0.3 is 6.18 Å². The van der Waals surface area contributed by atoms with E-state index in [9.17, 15) is 23.3 Å². The van der Waals surface area contributed by atoms with Crippen LogP contribution in [0.5, 0.6) is 0 Å². The highest BCUT2D eigenvalue weighted by Crippen LogP contribution is 2.34. The van der Waals surface area contributed by atoms with Crippen molar-refractivity contribution in [2.75, 3.05) is 11.9 Å². The predicted molar refractivity (Wildman–Crippen MR) is 62.9 cm³/mol. The van der Waals surface area contributed by atoms with E-state index in [1.54, 1.807) is 6.92 Å². The van der Waals surface area contributed by atoms with Gasteiger partial charge in [0.05, 0.1) is 16.6 Å². The van der Waals surface area contributed by atoms with Crippen LogP contribution in [0.2, 0.25) is 0 Å². The minimum Gasteiger partial charge on any atom is -0.393 e. The highest BCUT2D eigenvalue weighted by Gasteiger charge is 2.32. The summed E-state index contributed by atoms with van der Waals surface area (Å²) in [6, 6.07) is 2.28. The fraction of sp³-hybridized carbons (Fsp3) is 0.455. The summed E-state index contributed by atoms with van der Waals surface area (Å²) in [7, 11) is 0. The average Bonchev–Trinajstić information content (AvgIpc) is 2.27. The van der Waals surface area contributed by atoms with E-state index in [0.29, 0.717) is 12.5 Å². The standard InChI is InChI=1S/C11H13F3N2O3/c1-7(17)4-5-15-9-3-2-8(11(12,13)14)6-10(9)16(18)19/h2-3,6-7,15,17H,4-5H2,1H3. The van der Waals surface area contributed by atoms with Gasteiger partial charge < -0.3 is 10.4 Å². The Morgan fingerprint density at radius 2 is 2.11 bits per heavy atom. The SMILES string of the molecule is CC(O)CCNc1ccc(C(F)(F)F)cc1[N+](=O)[O-]. The molecule has 0 saturated carbocycles. The lowest BCUT2D eigenvalue weighted by atomic mass is 10.1. The first kappa shape index (κ1) is 15.2. The maximum absolute atomic E-state index is 12.4. The lowest BCUT2D eigenvalue weighted by Crippen LogP contribution is -2.12. The number of hydrogen-bond acceptors (Lipinski definition) is 4. The third kappa shape index (κ3) is 4.40. The highest BCUT2D eigenvalue weighted by molar-refractivity contribution is 5.62. The van der Waals surface area contributed by atoms with Crippen molar-refractivity contribution in [2.24, 2.45) is 0 Å². The normalized spacial score (nSPS) is 13.1. The zero-order chi connectivity index (χ0) is 14.6. The quantitative estimate of drug-likeness (QED) is 0.641. The second-order valence-corrected chi connectivity index (χ2v) is 4.05. The number of halogens is 3. The van der Waals surface area contributed by atoms with Gasteiger partial charge in [0, 0.05) is 12.6 Å². The van der Waals surface area contributed by atoms with Gasteiger partial charge in [0.1, 0.15) is 5.69 Å². The molecular formula is C11H13F3N2O3. The van der Waals surface area contributed by atoms with E-state index in [4.69, 9.17) is 5.11 Å². The number of nitro benzene ring substituents is 1. The number of hydrogen-bond donors (Lipinski definition) is 2. The molecule has 0 radical (unpaired) electrons. The zero-order valence-electron chi connectivity index (χ0n) is 10.1. The van der Waals surface area contributed by atoms with Crippen LogP contribution in [0.4, 0.5) is 24.5 Å². The van der Waals surface area contributed by atoms with Gasteiger partial charge in [-0.05, 0) is 25.5 Å². The van der Waals surface area contributed by atoms with Gasteiger partial charge in [0.25, 0.3) is 5.69 Å². The van der Waals surface area contributed by atoms with Crippen LogP contribution in [-0.4, -0.2) is 22.7 Å². The maximum atomic E-state index is 12.4. The Balaban J connectivity index is 2.96. The third-order valence-electron chi connectivity index (χ3n) is 2.40. The zero-order valence-corrected chi connectivity index (χ0v) is 10.1. The largest absolute Gasteiger partial charge is 0.416 e. The number of aliphatic hydroxyl groups excluding tert-OH is 1. The van der Waals surface area contributed by atoms with Crippen molar-refractivity contribution in [1.82, 2.24) is 0 Å². The molecular weight excluding hydrogens is 265 g/mol. The van der Waals surface area contributed by atoms with Crippen molar-refractivity contribution in [2.45, 2.75) is 25.6 Å². The minimum absolute atomic E-state index is 0.00125. The Kier molecular flexibility index (Phi) is 4.71. The summed E-state index contributed by atoms with van der Waals surface area (Å²) in [5, 5.41) is 22.4. The van der Waals surface area contributed by atoms with Crippen molar-refractivity contribution < 1.29 is 23.2 Å². The summed E-state index contributed by atoms with van der Waals surface area (Å²) in [5.74, 6) is 0. The molecule has 1 aromatic carbocycles. The van der Waals surface area contributed by atoms with E-state index in [0.717, 1.165) is 12.1 Å². The molecule has 0 heterocycles. The van der Waals surface area contributed by atoms with Crippen molar-refractivity contribution >= 4 is 11.4 Å². The van der Waals surface area contributed by atoms with Crippen LogP contribution >= 0.6 is 0 Å². The Morgan fingerprint density at radius 1 is 1.47 bits per heavy atom. The van der Waals surface area contributed by atoms with E-state index in [1.165, 1.54) is 0 Å². The van der Waals surface area contributed by atoms with Crippen LogP contribution in [0.3, 0.4) is 0 Å². The van der Waals surface area contributed by atoms with Gasteiger partial charge in [0.2, 0.25) is 0 Å². The maximum Gasteiger partial charge on any atom is 0.416 e. The summed E-state index contributed by atoms with van der Waals surface area (Å²) in [4.78, 5) is 9.87. The van der Waals surface area contributed by atoms with Gasteiger partial charge in [-0.15, -0.1) is 0 Å². The molecule has 1 atom stereocenters. The number of rotatable bonds is 5. The molecule has 5 nitrogen and oxygen atoms in total. The van der Waals surface area contributed by atoms with Gasteiger partial charge in [-0.3, -0.25) is 10.1 Å². The molecule has 106 valence electrons. The first-order valence-electron chi connectivity index (χ1n) is 5.49. The molecule has 0 bridgehead atoms. The van der Waals surface area contributed by atoms with E-state index in [2.05, 4.69) is 5.32 Å². The number of nitro groups is 1. The van der Waals surface area contributed by atoms with E-state index < -0.39 is 28.5 Å². The van der Waals surface area contributed by atoms with Gasteiger partial charge in [-0.2, -0.15) is 13.2 Å². The number of nitrogens with zero attached hydrogens (tertiary/aromatic N) is 1. The Hall–Kier alpha value is -1.83. The summed E-state index contributed by atoms with van der Waals surface area (Å²) in [6.45, 7) is 1.77. The third-order valence-corrected chi connectivity index (χ3v) is 2.40. The molecule has 0 aliphatic heterocycles. The molecule has 8 heteroatoms. The van der Waals surface area contributed by atoms with Crippen LogP contribution in [0.25, 0.3) is 0 Å². The Bertz CT molecular complexity index is 461. The van der Waals surface area contributed by atoms with E-state index >= 15 is 0 Å². The van der Waals surface area contributed by atoms with Gasteiger partial charge in [-0.25, -0.2) is 0 Å². The van der Waals surface area contributed by atoms with Crippen molar-refractivity contribution in [3.05, 3.63) is 33.9 Å². The molecule has 0 aliphatic rings. The number of nitrogens with one attached hydrogen (secondary N) is 1. The molecule has 1 aromatic rings. The van der Waals surface area contributed by atoms with Gasteiger partial charge in [-0.1, -0.05) is 0 Å². The van der Waals surface area contributed by atoms with E-state index in [1.807, 2.05) is 0 Å².